The highest BCUT2D eigenvalue weighted by molar-refractivity contribution is 5.82. The van der Waals surface area contributed by atoms with Crippen molar-refractivity contribution in [2.45, 2.75) is 26.7 Å². The number of nitrogens with one attached hydrogen (secondary N) is 1. The number of amides is 1. The van der Waals surface area contributed by atoms with Crippen LogP contribution in [0.25, 0.3) is 0 Å². The Morgan fingerprint density at radius 2 is 2.27 bits per heavy atom. The zero-order valence-electron chi connectivity index (χ0n) is 7.18. The average molecular weight is 158 g/mol. The summed E-state index contributed by atoms with van der Waals surface area (Å²) in [6.45, 7) is 3.91. The summed E-state index contributed by atoms with van der Waals surface area (Å²) in [5.74, 6) is 0. The number of hydrazone groups is 1. The molecule has 0 aromatic heterocycles. The van der Waals surface area contributed by atoms with E-state index in [1.807, 2.05) is 6.92 Å². The lowest BCUT2D eigenvalue weighted by molar-refractivity contribution is 0.171. The van der Waals surface area contributed by atoms with E-state index in [9.17, 15) is 4.79 Å². The van der Waals surface area contributed by atoms with Crippen LogP contribution in [0.3, 0.4) is 0 Å². The van der Waals surface area contributed by atoms with Crippen molar-refractivity contribution < 1.29 is 9.53 Å². The Morgan fingerprint density at radius 3 is 2.73 bits per heavy atom. The lowest BCUT2D eigenvalue weighted by Gasteiger charge is -1.98. The molecule has 0 heterocycles. The minimum absolute atomic E-state index is 0.527. The fourth-order valence-corrected chi connectivity index (χ4v) is 0.604. The maximum absolute atomic E-state index is 10.5. The van der Waals surface area contributed by atoms with E-state index in [-0.39, 0.29) is 0 Å². The van der Waals surface area contributed by atoms with Crippen molar-refractivity contribution in [3.8, 4) is 0 Å². The van der Waals surface area contributed by atoms with Gasteiger partial charge >= 0.3 is 6.09 Å². The molecular formula is C7H14N2O2. The molecule has 0 saturated heterocycles. The first-order valence-electron chi connectivity index (χ1n) is 3.57. The van der Waals surface area contributed by atoms with E-state index < -0.39 is 6.09 Å². The van der Waals surface area contributed by atoms with Gasteiger partial charge in [0.25, 0.3) is 0 Å². The van der Waals surface area contributed by atoms with Gasteiger partial charge in [-0.25, -0.2) is 10.2 Å². The number of ether oxygens (including phenoxy) is 1. The zero-order valence-corrected chi connectivity index (χ0v) is 7.18. The van der Waals surface area contributed by atoms with Crippen LogP contribution in [0.1, 0.15) is 26.7 Å². The monoisotopic (exact) mass is 158 g/mol. The summed E-state index contributed by atoms with van der Waals surface area (Å²) >= 11 is 0. The van der Waals surface area contributed by atoms with Gasteiger partial charge in [0.05, 0.1) is 7.11 Å². The summed E-state index contributed by atoms with van der Waals surface area (Å²) in [4.78, 5) is 10.5. The quantitative estimate of drug-likeness (QED) is 0.500. The molecule has 1 amide bonds. The predicted molar refractivity (Wildman–Crippen MR) is 43.6 cm³/mol. The molecule has 0 spiro atoms. The largest absolute Gasteiger partial charge is 0.452 e. The molecule has 0 aromatic rings. The maximum Gasteiger partial charge on any atom is 0.427 e. The van der Waals surface area contributed by atoms with Crippen LogP contribution < -0.4 is 5.43 Å². The van der Waals surface area contributed by atoms with E-state index in [0.29, 0.717) is 0 Å². The highest BCUT2D eigenvalue weighted by Gasteiger charge is 1.94. The molecule has 1 N–H and O–H groups in total. The fraction of sp³-hybridized carbons (Fsp3) is 0.714. The molecular weight excluding hydrogens is 144 g/mol. The smallest absolute Gasteiger partial charge is 0.427 e. The third-order valence-corrected chi connectivity index (χ3v) is 1.14. The standard InChI is InChI=1S/C7H14N2O2/c1-4-5-6(2)8-9-7(10)11-3/h4-5H2,1-3H3,(H,9,10). The van der Waals surface area contributed by atoms with Gasteiger partial charge in [-0.2, -0.15) is 5.10 Å². The lowest BCUT2D eigenvalue weighted by atomic mass is 10.2. The summed E-state index contributed by atoms with van der Waals surface area (Å²) in [5, 5.41) is 3.78. The second-order valence-corrected chi connectivity index (χ2v) is 2.20. The molecule has 0 aliphatic carbocycles. The summed E-state index contributed by atoms with van der Waals surface area (Å²) in [6, 6.07) is 0. The van der Waals surface area contributed by atoms with Gasteiger partial charge in [-0.15, -0.1) is 0 Å². The van der Waals surface area contributed by atoms with Gasteiger partial charge in [0.1, 0.15) is 0 Å². The second-order valence-electron chi connectivity index (χ2n) is 2.20. The summed E-state index contributed by atoms with van der Waals surface area (Å²) in [5.41, 5.74) is 3.14. The van der Waals surface area contributed by atoms with Crippen molar-refractivity contribution in [1.82, 2.24) is 5.43 Å². The lowest BCUT2D eigenvalue weighted by Crippen LogP contribution is -2.18. The van der Waals surface area contributed by atoms with Gasteiger partial charge in [-0.1, -0.05) is 13.3 Å². The van der Waals surface area contributed by atoms with Crippen molar-refractivity contribution in [3.63, 3.8) is 0 Å². The molecule has 0 atom stereocenters. The van der Waals surface area contributed by atoms with E-state index in [1.54, 1.807) is 0 Å². The normalized spacial score (nSPS) is 11.0. The van der Waals surface area contributed by atoms with Crippen LogP contribution in [0.4, 0.5) is 4.79 Å². The Hall–Kier alpha value is -1.06. The Kier molecular flexibility index (Phi) is 5.15. The van der Waals surface area contributed by atoms with Crippen LogP contribution in [-0.4, -0.2) is 18.9 Å². The SMILES string of the molecule is CCCC(C)=NNC(=O)OC. The van der Waals surface area contributed by atoms with Gasteiger partial charge in [-0.05, 0) is 13.3 Å². The molecule has 0 unspecified atom stereocenters. The van der Waals surface area contributed by atoms with Crippen LogP contribution in [0.5, 0.6) is 0 Å². The maximum atomic E-state index is 10.5. The molecule has 0 saturated carbocycles. The number of hydrogen-bond donors (Lipinski definition) is 1. The molecule has 0 radical (unpaired) electrons. The van der Waals surface area contributed by atoms with Crippen molar-refractivity contribution in [1.29, 1.82) is 0 Å². The van der Waals surface area contributed by atoms with Crippen molar-refractivity contribution in [2.24, 2.45) is 5.10 Å². The van der Waals surface area contributed by atoms with Crippen LogP contribution in [0.15, 0.2) is 5.10 Å². The minimum atomic E-state index is -0.527. The molecule has 4 nitrogen and oxygen atoms in total. The number of carbonyl (C=O) groups excluding carboxylic acids is 1. The fourth-order valence-electron chi connectivity index (χ4n) is 0.604. The topological polar surface area (TPSA) is 50.7 Å². The van der Waals surface area contributed by atoms with E-state index in [4.69, 9.17) is 0 Å². The first-order chi connectivity index (χ1) is 5.20. The van der Waals surface area contributed by atoms with Crippen LogP contribution >= 0.6 is 0 Å². The minimum Gasteiger partial charge on any atom is -0.452 e. The first kappa shape index (κ1) is 9.94. The van der Waals surface area contributed by atoms with Gasteiger partial charge in [0.15, 0.2) is 0 Å². The van der Waals surface area contributed by atoms with E-state index in [0.717, 1.165) is 18.6 Å². The molecule has 0 aliphatic rings. The van der Waals surface area contributed by atoms with Gasteiger partial charge in [0.2, 0.25) is 0 Å². The first-order valence-corrected chi connectivity index (χ1v) is 3.57. The van der Waals surface area contributed by atoms with Gasteiger partial charge < -0.3 is 4.74 Å². The predicted octanol–water partition coefficient (Wildman–Crippen LogP) is 1.52. The average Bonchev–Trinajstić information content (AvgIpc) is 2.01. The Morgan fingerprint density at radius 1 is 1.64 bits per heavy atom. The highest BCUT2D eigenvalue weighted by Crippen LogP contribution is 1.89. The Balaban J connectivity index is 3.63. The third kappa shape index (κ3) is 5.39. The van der Waals surface area contributed by atoms with Crippen molar-refractivity contribution in [3.05, 3.63) is 0 Å². The summed E-state index contributed by atoms with van der Waals surface area (Å²) in [6.07, 6.45) is 1.39. The molecule has 0 aromatic carbocycles. The molecule has 64 valence electrons. The molecule has 0 bridgehead atoms. The Labute approximate surface area is 66.6 Å². The summed E-state index contributed by atoms with van der Waals surface area (Å²) < 4.78 is 4.32. The summed E-state index contributed by atoms with van der Waals surface area (Å²) in [7, 11) is 1.31. The van der Waals surface area contributed by atoms with E-state index in [1.165, 1.54) is 7.11 Å². The second kappa shape index (κ2) is 5.70. The number of methoxy groups -OCH3 is 1. The molecule has 11 heavy (non-hydrogen) atoms. The van der Waals surface area contributed by atoms with Crippen LogP contribution in [0, 0.1) is 0 Å². The highest BCUT2D eigenvalue weighted by atomic mass is 16.5. The molecule has 0 fully saturated rings. The van der Waals surface area contributed by atoms with Crippen molar-refractivity contribution >= 4 is 11.8 Å². The number of rotatable bonds is 3. The van der Waals surface area contributed by atoms with Crippen molar-refractivity contribution in [2.75, 3.05) is 7.11 Å². The van der Waals surface area contributed by atoms with E-state index in [2.05, 4.69) is 22.2 Å². The molecule has 0 aliphatic heterocycles. The number of nitrogens with zero attached hydrogens (tertiary/aromatic N) is 1. The van der Waals surface area contributed by atoms with Crippen LogP contribution in [-0.2, 0) is 4.74 Å². The zero-order chi connectivity index (χ0) is 8.69. The van der Waals surface area contributed by atoms with Gasteiger partial charge in [0, 0.05) is 5.71 Å². The number of carbonyl (C=O) groups is 1. The van der Waals surface area contributed by atoms with Crippen LogP contribution in [0.2, 0.25) is 0 Å². The molecule has 4 heteroatoms. The Bertz CT molecular complexity index is 155. The van der Waals surface area contributed by atoms with Gasteiger partial charge in [-0.3, -0.25) is 0 Å². The third-order valence-electron chi connectivity index (χ3n) is 1.14. The molecule has 0 rings (SSSR count). The van der Waals surface area contributed by atoms with E-state index >= 15 is 0 Å². The number of hydrogen-bond acceptors (Lipinski definition) is 3.